The highest BCUT2D eigenvalue weighted by Gasteiger charge is 2.11. The fourth-order valence-corrected chi connectivity index (χ4v) is 1.81. The van der Waals surface area contributed by atoms with Gasteiger partial charge in [-0.2, -0.15) is 0 Å². The summed E-state index contributed by atoms with van der Waals surface area (Å²) in [7, 11) is 0. The van der Waals surface area contributed by atoms with Crippen LogP contribution in [0.3, 0.4) is 0 Å². The topological polar surface area (TPSA) is 75.1 Å². The molecule has 0 bridgehead atoms. The van der Waals surface area contributed by atoms with Gasteiger partial charge in [0.25, 0.3) is 0 Å². The molecule has 0 amide bonds. The van der Waals surface area contributed by atoms with Crippen molar-refractivity contribution in [1.82, 2.24) is 0 Å². The zero-order chi connectivity index (χ0) is 13.2. The fraction of sp³-hybridized carbons (Fsp3) is 0.462. The monoisotopic (exact) mass is 247 g/mol. The van der Waals surface area contributed by atoms with Crippen molar-refractivity contribution in [2.45, 2.75) is 25.7 Å². The van der Waals surface area contributed by atoms with Crippen molar-refractivity contribution in [3.8, 4) is 0 Å². The molecule has 0 aliphatic carbocycles. The number of ether oxygens (including phenoxy) is 1. The van der Waals surface area contributed by atoms with Crippen LogP contribution >= 0.6 is 0 Å². The maximum atomic E-state index is 10.7. The molecule has 18 heavy (non-hydrogen) atoms. The molecule has 1 atom stereocenters. The Bertz CT molecular complexity index is 414. The third-order valence-electron chi connectivity index (χ3n) is 2.68. The Morgan fingerprint density at radius 2 is 2.11 bits per heavy atom. The third kappa shape index (κ3) is 5.37. The first-order chi connectivity index (χ1) is 8.74. The SMILES string of the molecule is CC(=O)OCC[C@H](CCN=[N+]=[N-])c1ccccc1. The number of nitrogens with zero attached hydrogens (tertiary/aromatic N) is 3. The van der Waals surface area contributed by atoms with E-state index in [1.54, 1.807) is 0 Å². The van der Waals surface area contributed by atoms with Gasteiger partial charge in [-0.05, 0) is 29.9 Å². The first kappa shape index (κ1) is 14.1. The van der Waals surface area contributed by atoms with E-state index in [9.17, 15) is 4.79 Å². The van der Waals surface area contributed by atoms with Gasteiger partial charge < -0.3 is 4.74 Å². The quantitative estimate of drug-likeness (QED) is 0.320. The highest BCUT2D eigenvalue weighted by Crippen LogP contribution is 2.23. The van der Waals surface area contributed by atoms with Crippen LogP contribution in [0.4, 0.5) is 0 Å². The zero-order valence-electron chi connectivity index (χ0n) is 10.5. The number of carbonyl (C=O) groups is 1. The molecule has 0 aromatic heterocycles. The van der Waals surface area contributed by atoms with Gasteiger partial charge in [0.1, 0.15) is 0 Å². The number of rotatable bonds is 7. The standard InChI is InChI=1S/C13H17N3O2/c1-11(17)18-10-8-13(7-9-15-16-14)12-5-3-2-4-6-12/h2-6,13H,7-10H2,1H3/t13-/m0/s1. The number of azide groups is 1. The smallest absolute Gasteiger partial charge is 0.302 e. The second-order valence-corrected chi connectivity index (χ2v) is 3.98. The summed E-state index contributed by atoms with van der Waals surface area (Å²) in [6.07, 6.45) is 1.50. The Kier molecular flexibility index (Phi) is 6.36. The first-order valence-corrected chi connectivity index (χ1v) is 5.93. The van der Waals surface area contributed by atoms with Gasteiger partial charge >= 0.3 is 5.97 Å². The van der Waals surface area contributed by atoms with Gasteiger partial charge in [0.05, 0.1) is 6.61 Å². The summed E-state index contributed by atoms with van der Waals surface area (Å²) in [5, 5.41) is 3.55. The Labute approximate surface area is 106 Å². The van der Waals surface area contributed by atoms with E-state index in [0.717, 1.165) is 12.8 Å². The molecule has 0 fully saturated rings. The Balaban J connectivity index is 2.57. The third-order valence-corrected chi connectivity index (χ3v) is 2.68. The Hall–Kier alpha value is -2.00. The van der Waals surface area contributed by atoms with E-state index in [-0.39, 0.29) is 11.9 Å². The molecule has 96 valence electrons. The Morgan fingerprint density at radius 3 is 2.72 bits per heavy atom. The van der Waals surface area contributed by atoms with Gasteiger partial charge in [0.15, 0.2) is 0 Å². The minimum atomic E-state index is -0.267. The van der Waals surface area contributed by atoms with E-state index in [1.165, 1.54) is 12.5 Å². The summed E-state index contributed by atoms with van der Waals surface area (Å²) >= 11 is 0. The molecule has 0 aliphatic rings. The number of hydrogen-bond acceptors (Lipinski definition) is 3. The van der Waals surface area contributed by atoms with Gasteiger partial charge in [-0.15, -0.1) is 0 Å². The van der Waals surface area contributed by atoms with Crippen molar-refractivity contribution in [1.29, 1.82) is 0 Å². The average Bonchev–Trinajstić information content (AvgIpc) is 2.38. The highest BCUT2D eigenvalue weighted by molar-refractivity contribution is 5.65. The molecule has 0 aliphatic heterocycles. The van der Waals surface area contributed by atoms with Crippen LogP contribution < -0.4 is 0 Å². The van der Waals surface area contributed by atoms with E-state index in [0.29, 0.717) is 13.2 Å². The van der Waals surface area contributed by atoms with E-state index in [1.807, 2.05) is 30.3 Å². The van der Waals surface area contributed by atoms with E-state index in [2.05, 4.69) is 10.0 Å². The largest absolute Gasteiger partial charge is 0.466 e. The van der Waals surface area contributed by atoms with Crippen molar-refractivity contribution >= 4 is 5.97 Å². The molecule has 1 aromatic rings. The number of benzene rings is 1. The number of esters is 1. The van der Waals surface area contributed by atoms with Crippen LogP contribution in [-0.4, -0.2) is 19.1 Å². The van der Waals surface area contributed by atoms with Crippen molar-refractivity contribution in [3.05, 3.63) is 46.3 Å². The summed E-state index contributed by atoms with van der Waals surface area (Å²) in [6.45, 7) is 2.25. The Morgan fingerprint density at radius 1 is 1.39 bits per heavy atom. The van der Waals surface area contributed by atoms with Crippen LogP contribution in [-0.2, 0) is 9.53 Å². The molecule has 0 saturated heterocycles. The summed E-state index contributed by atoms with van der Waals surface area (Å²) in [5.74, 6) is -0.0205. The predicted octanol–water partition coefficient (Wildman–Crippen LogP) is 3.42. The van der Waals surface area contributed by atoms with Crippen molar-refractivity contribution in [2.75, 3.05) is 13.2 Å². The summed E-state index contributed by atoms with van der Waals surface area (Å²) in [5.41, 5.74) is 9.47. The molecule has 0 spiro atoms. The predicted molar refractivity (Wildman–Crippen MR) is 69.1 cm³/mol. The molecule has 0 unspecified atom stereocenters. The fourth-order valence-electron chi connectivity index (χ4n) is 1.81. The van der Waals surface area contributed by atoms with Gasteiger partial charge in [0, 0.05) is 18.4 Å². The van der Waals surface area contributed by atoms with Gasteiger partial charge in [-0.3, -0.25) is 4.79 Å². The first-order valence-electron chi connectivity index (χ1n) is 5.93. The molecule has 0 radical (unpaired) electrons. The normalized spacial score (nSPS) is 11.4. The maximum Gasteiger partial charge on any atom is 0.302 e. The lowest BCUT2D eigenvalue weighted by molar-refractivity contribution is -0.141. The average molecular weight is 247 g/mol. The van der Waals surface area contributed by atoms with Crippen molar-refractivity contribution in [3.63, 3.8) is 0 Å². The molecular formula is C13H17N3O2. The van der Waals surface area contributed by atoms with Crippen LogP contribution in [0.25, 0.3) is 10.4 Å². The van der Waals surface area contributed by atoms with Crippen LogP contribution in [0.2, 0.25) is 0 Å². The summed E-state index contributed by atoms with van der Waals surface area (Å²) in [6, 6.07) is 9.98. The lowest BCUT2D eigenvalue weighted by Crippen LogP contribution is -2.08. The molecule has 1 rings (SSSR count). The molecule has 0 saturated carbocycles. The lowest BCUT2D eigenvalue weighted by Gasteiger charge is -2.16. The van der Waals surface area contributed by atoms with E-state index >= 15 is 0 Å². The maximum absolute atomic E-state index is 10.7. The summed E-state index contributed by atoms with van der Waals surface area (Å²) in [4.78, 5) is 13.5. The van der Waals surface area contributed by atoms with Crippen LogP contribution in [0, 0.1) is 0 Å². The van der Waals surface area contributed by atoms with Crippen LogP contribution in [0.15, 0.2) is 35.4 Å². The minimum Gasteiger partial charge on any atom is -0.466 e. The second kappa shape index (κ2) is 8.14. The van der Waals surface area contributed by atoms with Crippen LogP contribution in [0.1, 0.15) is 31.2 Å². The van der Waals surface area contributed by atoms with Crippen LogP contribution in [0.5, 0.6) is 0 Å². The highest BCUT2D eigenvalue weighted by atomic mass is 16.5. The van der Waals surface area contributed by atoms with Gasteiger partial charge in [-0.25, -0.2) is 0 Å². The second-order valence-electron chi connectivity index (χ2n) is 3.98. The van der Waals surface area contributed by atoms with E-state index in [4.69, 9.17) is 10.3 Å². The number of carbonyl (C=O) groups excluding carboxylic acids is 1. The molecular weight excluding hydrogens is 230 g/mol. The summed E-state index contributed by atoms with van der Waals surface area (Å²) < 4.78 is 4.96. The zero-order valence-corrected chi connectivity index (χ0v) is 10.5. The molecule has 1 aromatic carbocycles. The minimum absolute atomic E-state index is 0.246. The van der Waals surface area contributed by atoms with Gasteiger partial charge in [-0.1, -0.05) is 35.4 Å². The molecule has 0 heterocycles. The van der Waals surface area contributed by atoms with Gasteiger partial charge in [0.2, 0.25) is 0 Å². The number of hydrogen-bond donors (Lipinski definition) is 0. The molecule has 5 nitrogen and oxygen atoms in total. The lowest BCUT2D eigenvalue weighted by atomic mass is 9.93. The van der Waals surface area contributed by atoms with Crippen molar-refractivity contribution < 1.29 is 9.53 Å². The molecule has 5 heteroatoms. The van der Waals surface area contributed by atoms with Crippen molar-refractivity contribution in [2.24, 2.45) is 5.11 Å². The van der Waals surface area contributed by atoms with E-state index < -0.39 is 0 Å². The molecule has 0 N–H and O–H groups in total.